The van der Waals surface area contributed by atoms with Crippen molar-refractivity contribution in [2.75, 3.05) is 23.8 Å². The molecule has 6 heteroatoms. The first-order valence-electron chi connectivity index (χ1n) is 8.96. The van der Waals surface area contributed by atoms with E-state index in [-0.39, 0.29) is 12.1 Å². The molecule has 1 atom stereocenters. The number of carbonyl (C=O) groups is 1. The normalized spacial score (nSPS) is 17.6. The third kappa shape index (κ3) is 3.95. The molecule has 2 aromatic rings. The highest BCUT2D eigenvalue weighted by molar-refractivity contribution is 5.90. The summed E-state index contributed by atoms with van der Waals surface area (Å²) in [4.78, 5) is 24.4. The second-order valence-corrected chi connectivity index (χ2v) is 6.86. The Balaban J connectivity index is 1.74. The van der Waals surface area contributed by atoms with Crippen LogP contribution < -0.4 is 10.2 Å². The lowest BCUT2D eigenvalue weighted by Crippen LogP contribution is -2.41. The number of H-pyrrole nitrogens is 1. The summed E-state index contributed by atoms with van der Waals surface area (Å²) in [5.41, 5.74) is 1.91. The molecule has 1 saturated heterocycles. The van der Waals surface area contributed by atoms with E-state index in [0.29, 0.717) is 6.04 Å². The van der Waals surface area contributed by atoms with Gasteiger partial charge in [0.15, 0.2) is 0 Å². The lowest BCUT2D eigenvalue weighted by atomic mass is 10.0. The van der Waals surface area contributed by atoms with Gasteiger partial charge >= 0.3 is 6.03 Å². The maximum Gasteiger partial charge on any atom is 0.322 e. The number of nitrogens with one attached hydrogen (secondary N) is 2. The second kappa shape index (κ2) is 7.59. The summed E-state index contributed by atoms with van der Waals surface area (Å²) in [6.07, 6.45) is 6.64. The number of aromatic amines is 1. The summed E-state index contributed by atoms with van der Waals surface area (Å²) in [5, 5.41) is 3.06. The molecule has 0 radical (unpaired) electrons. The predicted molar refractivity (Wildman–Crippen MR) is 101 cm³/mol. The number of aromatic nitrogens is 2. The fourth-order valence-electron chi connectivity index (χ4n) is 3.22. The Bertz CT molecular complexity index is 698. The second-order valence-electron chi connectivity index (χ2n) is 6.86. The van der Waals surface area contributed by atoms with Gasteiger partial charge in [0.05, 0.1) is 6.04 Å². The van der Waals surface area contributed by atoms with Gasteiger partial charge in [0.1, 0.15) is 5.82 Å². The van der Waals surface area contributed by atoms with Crippen molar-refractivity contribution >= 4 is 17.4 Å². The molecule has 6 nitrogen and oxygen atoms in total. The highest BCUT2D eigenvalue weighted by atomic mass is 16.2. The van der Waals surface area contributed by atoms with Crippen molar-refractivity contribution in [3.63, 3.8) is 0 Å². The number of urea groups is 1. The van der Waals surface area contributed by atoms with Crippen LogP contribution in [0.3, 0.4) is 0 Å². The molecular weight excluding hydrogens is 314 g/mol. The summed E-state index contributed by atoms with van der Waals surface area (Å²) in [6.45, 7) is 5.04. The van der Waals surface area contributed by atoms with Crippen molar-refractivity contribution in [1.82, 2.24) is 14.9 Å². The predicted octanol–water partition coefficient (Wildman–Crippen LogP) is 4.01. The number of carbonyl (C=O) groups excluding carboxylic acids is 1. The van der Waals surface area contributed by atoms with Gasteiger partial charge in [0, 0.05) is 43.4 Å². The van der Waals surface area contributed by atoms with Gasteiger partial charge in [0.2, 0.25) is 0 Å². The van der Waals surface area contributed by atoms with Crippen molar-refractivity contribution in [3.05, 3.63) is 42.5 Å². The monoisotopic (exact) mass is 341 g/mol. The minimum atomic E-state index is -0.0644. The number of likely N-dealkylation sites (tertiary alicyclic amines) is 1. The van der Waals surface area contributed by atoms with E-state index in [9.17, 15) is 4.79 Å². The number of amides is 2. The minimum Gasteiger partial charge on any atom is -0.372 e. The van der Waals surface area contributed by atoms with Crippen LogP contribution in [0.4, 0.5) is 16.2 Å². The lowest BCUT2D eigenvalue weighted by Gasteiger charge is -2.34. The molecule has 1 aromatic carbocycles. The van der Waals surface area contributed by atoms with E-state index in [1.165, 1.54) is 0 Å². The molecule has 0 aliphatic carbocycles. The van der Waals surface area contributed by atoms with Crippen molar-refractivity contribution in [3.8, 4) is 0 Å². The molecule has 0 spiro atoms. The topological polar surface area (TPSA) is 64.3 Å². The smallest absolute Gasteiger partial charge is 0.322 e. The van der Waals surface area contributed by atoms with Crippen LogP contribution in [0.25, 0.3) is 0 Å². The molecular formula is C19H27N5O. The van der Waals surface area contributed by atoms with E-state index in [2.05, 4.69) is 47.1 Å². The highest BCUT2D eigenvalue weighted by Crippen LogP contribution is 2.29. The average molecular weight is 341 g/mol. The summed E-state index contributed by atoms with van der Waals surface area (Å²) in [7, 11) is 2.06. The zero-order valence-electron chi connectivity index (χ0n) is 15.2. The molecule has 1 fully saturated rings. The number of rotatable bonds is 4. The Morgan fingerprint density at radius 2 is 2.24 bits per heavy atom. The van der Waals surface area contributed by atoms with Gasteiger partial charge in [-0.25, -0.2) is 9.78 Å². The van der Waals surface area contributed by atoms with Gasteiger partial charge in [0.25, 0.3) is 0 Å². The number of anilines is 2. The molecule has 0 bridgehead atoms. The third-order valence-electron chi connectivity index (χ3n) is 4.88. The first kappa shape index (κ1) is 17.3. The first-order valence-corrected chi connectivity index (χ1v) is 8.96. The Labute approximate surface area is 149 Å². The Kier molecular flexibility index (Phi) is 5.26. The molecule has 1 aliphatic rings. The quantitative estimate of drug-likeness (QED) is 0.883. The molecule has 25 heavy (non-hydrogen) atoms. The van der Waals surface area contributed by atoms with E-state index in [4.69, 9.17) is 0 Å². The van der Waals surface area contributed by atoms with Gasteiger partial charge in [-0.1, -0.05) is 6.07 Å². The van der Waals surface area contributed by atoms with Gasteiger partial charge in [-0.3, -0.25) is 0 Å². The fourth-order valence-corrected chi connectivity index (χ4v) is 3.22. The van der Waals surface area contributed by atoms with Crippen molar-refractivity contribution < 1.29 is 4.79 Å². The van der Waals surface area contributed by atoms with Crippen LogP contribution in [-0.4, -0.2) is 40.5 Å². The Morgan fingerprint density at radius 1 is 1.40 bits per heavy atom. The third-order valence-corrected chi connectivity index (χ3v) is 4.88. The molecule has 3 rings (SSSR count). The van der Waals surface area contributed by atoms with E-state index in [0.717, 1.165) is 43.0 Å². The van der Waals surface area contributed by atoms with Crippen LogP contribution in [0.15, 0.2) is 36.7 Å². The molecule has 1 aliphatic heterocycles. The van der Waals surface area contributed by atoms with E-state index in [1.54, 1.807) is 6.20 Å². The maximum atomic E-state index is 12.8. The van der Waals surface area contributed by atoms with Crippen molar-refractivity contribution in [1.29, 1.82) is 0 Å². The van der Waals surface area contributed by atoms with Gasteiger partial charge < -0.3 is 20.1 Å². The van der Waals surface area contributed by atoms with Crippen molar-refractivity contribution in [2.24, 2.45) is 0 Å². The van der Waals surface area contributed by atoms with Crippen molar-refractivity contribution in [2.45, 2.75) is 45.2 Å². The van der Waals surface area contributed by atoms with Crippen LogP contribution in [0.5, 0.6) is 0 Å². The molecule has 0 unspecified atom stereocenters. The molecule has 1 aromatic heterocycles. The van der Waals surface area contributed by atoms with Crippen LogP contribution in [-0.2, 0) is 0 Å². The first-order chi connectivity index (χ1) is 12.1. The SMILES string of the molecule is CC(C)N(C)c1cccc(NC(=O)N2CCCC[C@H]2c2ncc[nH]2)c1. The Hall–Kier alpha value is -2.50. The molecule has 2 amide bonds. The largest absolute Gasteiger partial charge is 0.372 e. The number of hydrogen-bond acceptors (Lipinski definition) is 3. The summed E-state index contributed by atoms with van der Waals surface area (Å²) < 4.78 is 0. The number of hydrogen-bond donors (Lipinski definition) is 2. The molecule has 2 N–H and O–H groups in total. The zero-order chi connectivity index (χ0) is 17.8. The Morgan fingerprint density at radius 3 is 2.96 bits per heavy atom. The molecule has 2 heterocycles. The van der Waals surface area contributed by atoms with E-state index < -0.39 is 0 Å². The number of benzene rings is 1. The molecule has 134 valence electrons. The number of piperidine rings is 1. The van der Waals surface area contributed by atoms with Gasteiger partial charge in [-0.2, -0.15) is 0 Å². The van der Waals surface area contributed by atoms with E-state index >= 15 is 0 Å². The zero-order valence-corrected chi connectivity index (χ0v) is 15.2. The average Bonchev–Trinajstić information content (AvgIpc) is 3.15. The summed E-state index contributed by atoms with van der Waals surface area (Å²) in [5.74, 6) is 0.864. The maximum absolute atomic E-state index is 12.8. The molecule has 0 saturated carbocycles. The minimum absolute atomic E-state index is 0.0188. The van der Waals surface area contributed by atoms with Gasteiger partial charge in [-0.15, -0.1) is 0 Å². The van der Waals surface area contributed by atoms with Crippen LogP contribution >= 0.6 is 0 Å². The van der Waals surface area contributed by atoms with Crippen LogP contribution in [0.2, 0.25) is 0 Å². The lowest BCUT2D eigenvalue weighted by molar-refractivity contribution is 0.160. The number of imidazole rings is 1. The van der Waals surface area contributed by atoms with Gasteiger partial charge in [-0.05, 0) is 51.3 Å². The standard InChI is InChI=1S/C19H27N5O/c1-14(2)23(3)16-8-6-7-15(13-16)22-19(25)24-12-5-4-9-17(24)18-20-10-11-21-18/h6-8,10-11,13-14,17H,4-5,9,12H2,1-3H3,(H,20,21)(H,22,25)/t17-/m0/s1. The number of nitrogens with zero attached hydrogens (tertiary/aromatic N) is 3. The summed E-state index contributed by atoms with van der Waals surface area (Å²) in [6, 6.07) is 8.34. The fraction of sp³-hybridized carbons (Fsp3) is 0.474. The van der Waals surface area contributed by atoms with E-state index in [1.807, 2.05) is 29.3 Å². The summed E-state index contributed by atoms with van der Waals surface area (Å²) >= 11 is 0. The van der Waals surface area contributed by atoms with Crippen LogP contribution in [0.1, 0.15) is 45.0 Å². The van der Waals surface area contributed by atoms with Crippen LogP contribution in [0, 0.1) is 0 Å². The highest BCUT2D eigenvalue weighted by Gasteiger charge is 2.29.